The summed E-state index contributed by atoms with van der Waals surface area (Å²) in [6, 6.07) is 2.58. The van der Waals surface area contributed by atoms with Crippen LogP contribution in [0.4, 0.5) is 14.6 Å². The lowest BCUT2D eigenvalue weighted by molar-refractivity contribution is 0.211. The smallest absolute Gasteiger partial charge is 0.311 e. The minimum absolute atomic E-state index is 0.0284. The largest absolute Gasteiger partial charge is 0.348 e. The molecular formula is C15H17BrF2N4. The number of fused-ring (bicyclic) bond motifs is 2. The molecule has 1 aromatic carbocycles. The van der Waals surface area contributed by atoms with Gasteiger partial charge < -0.3 is 10.2 Å². The molecule has 0 radical (unpaired) electrons. The van der Waals surface area contributed by atoms with Crippen LogP contribution in [0.5, 0.6) is 0 Å². The Morgan fingerprint density at radius 1 is 1.32 bits per heavy atom. The first kappa shape index (κ1) is 15.6. The number of hydrogen-bond donors (Lipinski definition) is 1. The van der Waals surface area contributed by atoms with Crippen LogP contribution in [-0.4, -0.2) is 35.1 Å². The molecular weight excluding hydrogens is 354 g/mol. The van der Waals surface area contributed by atoms with Crippen LogP contribution in [0.25, 0.3) is 10.9 Å². The van der Waals surface area contributed by atoms with Crippen LogP contribution in [0.1, 0.15) is 19.4 Å². The minimum atomic E-state index is -0.891. The number of halogens is 3. The van der Waals surface area contributed by atoms with Gasteiger partial charge in [0.15, 0.2) is 5.82 Å². The molecule has 2 atom stereocenters. The lowest BCUT2D eigenvalue weighted by Gasteiger charge is -2.56. The zero-order valence-electron chi connectivity index (χ0n) is 12.6. The van der Waals surface area contributed by atoms with E-state index in [9.17, 15) is 8.78 Å². The molecule has 0 spiro atoms. The first-order valence-corrected chi connectivity index (χ1v) is 8.17. The molecule has 2 saturated heterocycles. The highest BCUT2D eigenvalue weighted by atomic mass is 79.9. The fourth-order valence-electron chi connectivity index (χ4n) is 2.86. The molecule has 2 aliphatic heterocycles. The number of benzene rings is 1. The third-order valence-electron chi connectivity index (χ3n) is 4.13. The van der Waals surface area contributed by atoms with Crippen molar-refractivity contribution >= 4 is 32.7 Å². The molecule has 4 nitrogen and oxygen atoms in total. The van der Waals surface area contributed by atoms with Crippen molar-refractivity contribution < 1.29 is 8.78 Å². The molecule has 4 rings (SSSR count). The van der Waals surface area contributed by atoms with E-state index in [1.54, 1.807) is 13.0 Å². The predicted octanol–water partition coefficient (Wildman–Crippen LogP) is 3.17. The summed E-state index contributed by atoms with van der Waals surface area (Å²) in [5.41, 5.74) is 0.774. The van der Waals surface area contributed by atoms with Crippen molar-refractivity contribution in [1.82, 2.24) is 15.3 Å². The Bertz CT molecular complexity index is 737. The first-order chi connectivity index (χ1) is 10.6. The summed E-state index contributed by atoms with van der Waals surface area (Å²) >= 11 is 3.17. The van der Waals surface area contributed by atoms with E-state index in [1.165, 1.54) is 0 Å². The topological polar surface area (TPSA) is 41.0 Å². The van der Waals surface area contributed by atoms with Crippen molar-refractivity contribution in [3.05, 3.63) is 28.0 Å². The van der Waals surface area contributed by atoms with Crippen LogP contribution in [-0.2, 0) is 0 Å². The molecule has 1 N–H and O–H groups in total. The van der Waals surface area contributed by atoms with Crippen LogP contribution in [0, 0.1) is 18.8 Å². The molecule has 2 unspecified atom stereocenters. The summed E-state index contributed by atoms with van der Waals surface area (Å²) in [6.45, 7) is 7.42. The summed E-state index contributed by atoms with van der Waals surface area (Å²) in [6.07, 6.45) is -0.891. The van der Waals surface area contributed by atoms with Gasteiger partial charge in [0.1, 0.15) is 11.3 Å². The van der Waals surface area contributed by atoms with Gasteiger partial charge in [0.2, 0.25) is 0 Å². The van der Waals surface area contributed by atoms with Crippen molar-refractivity contribution in [3.8, 4) is 0 Å². The second-order valence-electron chi connectivity index (χ2n) is 5.27. The zero-order chi connectivity index (χ0) is 16.0. The molecule has 1 aromatic heterocycles. The maximum atomic E-state index is 14.3. The van der Waals surface area contributed by atoms with Crippen LogP contribution >= 0.6 is 15.9 Å². The van der Waals surface area contributed by atoms with E-state index in [0.717, 1.165) is 18.7 Å². The van der Waals surface area contributed by atoms with Crippen molar-refractivity contribution in [1.29, 1.82) is 0 Å². The molecule has 2 fully saturated rings. The third-order valence-corrected chi connectivity index (χ3v) is 5.10. The highest BCUT2D eigenvalue weighted by Crippen LogP contribution is 2.37. The van der Waals surface area contributed by atoms with Crippen LogP contribution in [0.15, 0.2) is 10.5 Å². The number of aryl methyl sites for hydroxylation is 1. The zero-order valence-corrected chi connectivity index (χ0v) is 14.2. The van der Waals surface area contributed by atoms with E-state index >= 15 is 0 Å². The molecule has 0 amide bonds. The van der Waals surface area contributed by atoms with E-state index in [1.807, 2.05) is 18.7 Å². The molecule has 0 aliphatic carbocycles. The molecule has 2 aliphatic rings. The Hall–Kier alpha value is -1.34. The normalized spacial score (nSPS) is 22.4. The van der Waals surface area contributed by atoms with Gasteiger partial charge in [-0.3, -0.25) is 0 Å². The Morgan fingerprint density at radius 2 is 2.05 bits per heavy atom. The van der Waals surface area contributed by atoms with Crippen molar-refractivity contribution in [2.24, 2.45) is 0 Å². The van der Waals surface area contributed by atoms with E-state index in [2.05, 4.69) is 31.2 Å². The van der Waals surface area contributed by atoms with E-state index in [0.29, 0.717) is 27.8 Å². The molecule has 22 heavy (non-hydrogen) atoms. The van der Waals surface area contributed by atoms with E-state index in [4.69, 9.17) is 0 Å². The standard InChI is InChI=1S/C13H11BrF2N4.C2H6/c1-5-2-6-11(10(15)9(5)14)18-13(16)19-12(6)20-4-7-8(20)3-17-7;1-2/h2,7-8,17H,3-4H2,1H3;1-2H3. The van der Waals surface area contributed by atoms with E-state index in [-0.39, 0.29) is 5.52 Å². The average molecular weight is 371 g/mol. The van der Waals surface area contributed by atoms with Crippen molar-refractivity contribution in [2.75, 3.05) is 18.0 Å². The van der Waals surface area contributed by atoms with Gasteiger partial charge in [-0.05, 0) is 34.5 Å². The van der Waals surface area contributed by atoms with Gasteiger partial charge in [0.25, 0.3) is 0 Å². The number of nitrogens with zero attached hydrogens (tertiary/aromatic N) is 3. The highest BCUT2D eigenvalue weighted by molar-refractivity contribution is 9.10. The van der Waals surface area contributed by atoms with Crippen molar-refractivity contribution in [2.45, 2.75) is 32.9 Å². The number of anilines is 1. The first-order valence-electron chi connectivity index (χ1n) is 7.38. The van der Waals surface area contributed by atoms with Gasteiger partial charge in [0, 0.05) is 24.5 Å². The average Bonchev–Trinajstić information content (AvgIpc) is 2.50. The third kappa shape index (κ3) is 2.18. The summed E-state index contributed by atoms with van der Waals surface area (Å²) in [5.74, 6) is -0.0453. The minimum Gasteiger partial charge on any atom is -0.348 e. The molecule has 3 heterocycles. The Morgan fingerprint density at radius 3 is 2.59 bits per heavy atom. The lowest BCUT2D eigenvalue weighted by Crippen LogP contribution is -2.78. The fraction of sp³-hybridized carbons (Fsp3) is 0.467. The van der Waals surface area contributed by atoms with Gasteiger partial charge >= 0.3 is 6.08 Å². The highest BCUT2D eigenvalue weighted by Gasteiger charge is 2.46. The maximum Gasteiger partial charge on any atom is 0.311 e. The number of nitrogens with one attached hydrogen (secondary N) is 1. The van der Waals surface area contributed by atoms with Gasteiger partial charge in [0.05, 0.1) is 10.5 Å². The molecule has 118 valence electrons. The Labute approximate surface area is 136 Å². The predicted molar refractivity (Wildman–Crippen MR) is 86.2 cm³/mol. The second-order valence-corrected chi connectivity index (χ2v) is 6.06. The lowest BCUT2D eigenvalue weighted by atomic mass is 9.88. The van der Waals surface area contributed by atoms with Gasteiger partial charge in [-0.2, -0.15) is 14.4 Å². The fourth-order valence-corrected chi connectivity index (χ4v) is 3.17. The molecule has 0 saturated carbocycles. The monoisotopic (exact) mass is 370 g/mol. The number of hydrogen-bond acceptors (Lipinski definition) is 4. The SMILES string of the molecule is CC.Cc1cc2c(N3CC4NCC43)nc(F)nc2c(F)c1Br. The molecule has 0 bridgehead atoms. The summed E-state index contributed by atoms with van der Waals surface area (Å²) in [7, 11) is 0. The second kappa shape index (κ2) is 5.70. The molecule has 7 heteroatoms. The number of rotatable bonds is 1. The van der Waals surface area contributed by atoms with Gasteiger partial charge in [-0.1, -0.05) is 13.8 Å². The maximum absolute atomic E-state index is 14.3. The van der Waals surface area contributed by atoms with Crippen LogP contribution in [0.2, 0.25) is 0 Å². The van der Waals surface area contributed by atoms with Gasteiger partial charge in [-0.15, -0.1) is 0 Å². The van der Waals surface area contributed by atoms with Gasteiger partial charge in [-0.25, -0.2) is 4.39 Å². The quantitative estimate of drug-likeness (QED) is 0.782. The summed E-state index contributed by atoms with van der Waals surface area (Å²) in [4.78, 5) is 9.52. The van der Waals surface area contributed by atoms with Crippen LogP contribution in [0.3, 0.4) is 0 Å². The Kier molecular flexibility index (Phi) is 4.03. The van der Waals surface area contributed by atoms with Crippen molar-refractivity contribution in [3.63, 3.8) is 0 Å². The Balaban J connectivity index is 0.000000693. The number of aromatic nitrogens is 2. The summed E-state index contributed by atoms with van der Waals surface area (Å²) in [5, 5.41) is 3.84. The van der Waals surface area contributed by atoms with E-state index < -0.39 is 11.9 Å². The van der Waals surface area contributed by atoms with Crippen LogP contribution < -0.4 is 10.2 Å². The summed E-state index contributed by atoms with van der Waals surface area (Å²) < 4.78 is 28.2. The molecule has 2 aromatic rings. The number of piperazine rings is 1.